The molecule has 0 aliphatic carbocycles. The van der Waals surface area contributed by atoms with Crippen molar-refractivity contribution in [3.05, 3.63) is 48.0 Å². The number of aliphatic hydroxyl groups is 1. The minimum absolute atomic E-state index is 0.354. The van der Waals surface area contributed by atoms with E-state index in [0.29, 0.717) is 19.1 Å². The van der Waals surface area contributed by atoms with Crippen molar-refractivity contribution in [1.82, 2.24) is 0 Å². The lowest BCUT2D eigenvalue weighted by Gasteiger charge is -2.13. The Bertz CT molecular complexity index is 528. The van der Waals surface area contributed by atoms with Crippen LogP contribution in [0.5, 0.6) is 0 Å². The predicted molar refractivity (Wildman–Crippen MR) is 83.7 cm³/mol. The van der Waals surface area contributed by atoms with Crippen LogP contribution in [0.3, 0.4) is 0 Å². The lowest BCUT2D eigenvalue weighted by atomic mass is 10.0. The molecule has 2 aromatic rings. The van der Waals surface area contributed by atoms with Crippen LogP contribution in [0.2, 0.25) is 0 Å². The summed E-state index contributed by atoms with van der Waals surface area (Å²) in [5, 5.41) is 12.3. The molecule has 108 valence electrons. The van der Waals surface area contributed by atoms with Gasteiger partial charge >= 0.3 is 0 Å². The third-order valence-electron chi connectivity index (χ3n) is 3.52. The van der Waals surface area contributed by atoms with E-state index < -0.39 is 0 Å². The molecule has 0 saturated heterocycles. The molecular weight excluding hydrogens is 248 g/mol. The fraction of sp³-hybridized carbons (Fsp3) is 0.444. The molecule has 1 unspecified atom stereocenters. The van der Waals surface area contributed by atoms with Crippen LogP contribution in [0, 0.1) is 5.92 Å². The van der Waals surface area contributed by atoms with Gasteiger partial charge in [-0.25, -0.2) is 0 Å². The second kappa shape index (κ2) is 7.41. The quantitative estimate of drug-likeness (QED) is 0.820. The van der Waals surface area contributed by atoms with Gasteiger partial charge in [-0.15, -0.1) is 0 Å². The summed E-state index contributed by atoms with van der Waals surface area (Å²) in [6, 6.07) is 14.6. The van der Waals surface area contributed by atoms with Gasteiger partial charge in [-0.2, -0.15) is 0 Å². The lowest BCUT2D eigenvalue weighted by Crippen LogP contribution is -2.16. The van der Waals surface area contributed by atoms with Crippen LogP contribution in [0.15, 0.2) is 42.5 Å². The van der Waals surface area contributed by atoms with E-state index in [1.165, 1.54) is 16.3 Å². The van der Waals surface area contributed by atoms with Crippen molar-refractivity contribution in [2.75, 3.05) is 6.61 Å². The fourth-order valence-electron chi connectivity index (χ4n) is 2.33. The number of hydrogen-bond donors (Lipinski definition) is 1. The highest BCUT2D eigenvalue weighted by atomic mass is 16.5. The van der Waals surface area contributed by atoms with Gasteiger partial charge in [-0.05, 0) is 35.1 Å². The summed E-state index contributed by atoms with van der Waals surface area (Å²) < 4.78 is 5.67. The molecule has 0 aliphatic heterocycles. The van der Waals surface area contributed by atoms with Crippen molar-refractivity contribution in [2.24, 2.45) is 5.92 Å². The maximum Gasteiger partial charge on any atom is 0.0773 e. The number of aliphatic hydroxyl groups excluding tert-OH is 1. The smallest absolute Gasteiger partial charge is 0.0773 e. The molecule has 0 bridgehead atoms. The Morgan fingerprint density at radius 3 is 2.55 bits per heavy atom. The zero-order chi connectivity index (χ0) is 14.4. The molecule has 20 heavy (non-hydrogen) atoms. The second-order valence-corrected chi connectivity index (χ2v) is 5.78. The van der Waals surface area contributed by atoms with Gasteiger partial charge in [0.05, 0.1) is 19.3 Å². The Morgan fingerprint density at radius 1 is 1.00 bits per heavy atom. The molecule has 0 spiro atoms. The van der Waals surface area contributed by atoms with E-state index in [2.05, 4.69) is 44.2 Å². The zero-order valence-corrected chi connectivity index (χ0v) is 12.4. The largest absolute Gasteiger partial charge is 0.391 e. The number of benzene rings is 2. The third-order valence-corrected chi connectivity index (χ3v) is 3.52. The van der Waals surface area contributed by atoms with Crippen molar-refractivity contribution < 1.29 is 9.84 Å². The minimum Gasteiger partial charge on any atom is -0.391 e. The number of ether oxygens (including phenoxy) is 1. The van der Waals surface area contributed by atoms with E-state index >= 15 is 0 Å². The van der Waals surface area contributed by atoms with E-state index in [9.17, 15) is 5.11 Å². The van der Waals surface area contributed by atoms with Crippen molar-refractivity contribution in [3.8, 4) is 0 Å². The molecule has 0 fully saturated rings. The summed E-state index contributed by atoms with van der Waals surface area (Å²) in [5.74, 6) is 0.628. The topological polar surface area (TPSA) is 29.5 Å². The molecule has 2 nitrogen and oxygen atoms in total. The summed E-state index contributed by atoms with van der Waals surface area (Å²) in [6.07, 6.45) is 1.50. The summed E-state index contributed by atoms with van der Waals surface area (Å²) in [5.41, 5.74) is 1.18. The fourth-order valence-corrected chi connectivity index (χ4v) is 2.33. The molecule has 0 aliphatic rings. The molecule has 1 N–H and O–H groups in total. The molecular formula is C18H24O2. The van der Waals surface area contributed by atoms with Crippen LogP contribution in [0.4, 0.5) is 0 Å². The SMILES string of the molecule is CC(C)CCC(O)COCc1cccc2ccccc12. The van der Waals surface area contributed by atoms with Crippen LogP contribution in [-0.4, -0.2) is 17.8 Å². The van der Waals surface area contributed by atoms with Crippen molar-refractivity contribution >= 4 is 10.8 Å². The number of hydrogen-bond acceptors (Lipinski definition) is 2. The molecule has 2 aromatic carbocycles. The molecule has 2 heteroatoms. The average Bonchev–Trinajstić information content (AvgIpc) is 2.45. The summed E-state index contributed by atoms with van der Waals surface area (Å²) >= 11 is 0. The van der Waals surface area contributed by atoms with Crippen molar-refractivity contribution in [3.63, 3.8) is 0 Å². The molecule has 0 aromatic heterocycles. The van der Waals surface area contributed by atoms with Crippen LogP contribution in [0.1, 0.15) is 32.3 Å². The Hall–Kier alpha value is -1.38. The van der Waals surface area contributed by atoms with E-state index in [0.717, 1.165) is 12.8 Å². The molecule has 0 amide bonds. The van der Waals surface area contributed by atoms with Crippen LogP contribution in [-0.2, 0) is 11.3 Å². The van der Waals surface area contributed by atoms with E-state index in [1.807, 2.05) is 12.1 Å². The zero-order valence-electron chi connectivity index (χ0n) is 12.4. The first kappa shape index (κ1) is 15.0. The highest BCUT2D eigenvalue weighted by Crippen LogP contribution is 2.19. The first-order valence-electron chi connectivity index (χ1n) is 7.39. The third kappa shape index (κ3) is 4.32. The highest BCUT2D eigenvalue weighted by Gasteiger charge is 2.07. The molecule has 1 atom stereocenters. The van der Waals surface area contributed by atoms with Gasteiger partial charge in [0.1, 0.15) is 0 Å². The van der Waals surface area contributed by atoms with Gasteiger partial charge in [0.25, 0.3) is 0 Å². The monoisotopic (exact) mass is 272 g/mol. The number of fused-ring (bicyclic) bond motifs is 1. The Balaban J connectivity index is 1.87. The molecule has 0 saturated carbocycles. The minimum atomic E-state index is -0.354. The summed E-state index contributed by atoms with van der Waals surface area (Å²) in [7, 11) is 0. The maximum atomic E-state index is 9.86. The summed E-state index contributed by atoms with van der Waals surface area (Å²) in [4.78, 5) is 0. The second-order valence-electron chi connectivity index (χ2n) is 5.78. The van der Waals surface area contributed by atoms with Crippen molar-refractivity contribution in [2.45, 2.75) is 39.4 Å². The van der Waals surface area contributed by atoms with Gasteiger partial charge in [-0.3, -0.25) is 0 Å². The first-order valence-corrected chi connectivity index (χ1v) is 7.39. The van der Waals surface area contributed by atoms with Gasteiger partial charge in [-0.1, -0.05) is 56.3 Å². The lowest BCUT2D eigenvalue weighted by molar-refractivity contribution is 0.0225. The Labute approximate surface area is 121 Å². The van der Waals surface area contributed by atoms with E-state index in [4.69, 9.17) is 4.74 Å². The Morgan fingerprint density at radius 2 is 1.75 bits per heavy atom. The van der Waals surface area contributed by atoms with Gasteiger partial charge in [0, 0.05) is 0 Å². The van der Waals surface area contributed by atoms with Gasteiger partial charge in [0.2, 0.25) is 0 Å². The van der Waals surface area contributed by atoms with Gasteiger partial charge in [0.15, 0.2) is 0 Å². The molecule has 0 heterocycles. The van der Waals surface area contributed by atoms with Crippen LogP contribution >= 0.6 is 0 Å². The van der Waals surface area contributed by atoms with Crippen LogP contribution < -0.4 is 0 Å². The highest BCUT2D eigenvalue weighted by molar-refractivity contribution is 5.85. The van der Waals surface area contributed by atoms with Crippen molar-refractivity contribution in [1.29, 1.82) is 0 Å². The maximum absolute atomic E-state index is 9.86. The van der Waals surface area contributed by atoms with E-state index in [-0.39, 0.29) is 6.10 Å². The Kier molecular flexibility index (Phi) is 5.57. The standard InChI is InChI=1S/C18H24O2/c1-14(2)10-11-17(19)13-20-12-16-8-5-7-15-6-3-4-9-18(15)16/h3-9,14,17,19H,10-13H2,1-2H3. The molecule has 2 rings (SSSR count). The van der Waals surface area contributed by atoms with Gasteiger partial charge < -0.3 is 9.84 Å². The number of rotatable bonds is 7. The normalized spacial score (nSPS) is 13.0. The predicted octanol–water partition coefficient (Wildman–Crippen LogP) is 4.15. The molecule has 0 radical (unpaired) electrons. The average molecular weight is 272 g/mol. The first-order chi connectivity index (χ1) is 9.66. The summed E-state index contributed by atoms with van der Waals surface area (Å²) in [6.45, 7) is 5.31. The van der Waals surface area contributed by atoms with Crippen LogP contribution in [0.25, 0.3) is 10.8 Å². The van der Waals surface area contributed by atoms with E-state index in [1.54, 1.807) is 0 Å².